The second kappa shape index (κ2) is 10.6. The zero-order valence-corrected chi connectivity index (χ0v) is 20.1. The Morgan fingerprint density at radius 2 is 1.69 bits per heavy atom. The first-order valence-electron chi connectivity index (χ1n) is 10.8. The third kappa shape index (κ3) is 7.75. The number of carbonyl (C=O) groups is 2. The van der Waals surface area contributed by atoms with Gasteiger partial charge in [-0.3, -0.25) is 4.79 Å². The van der Waals surface area contributed by atoms with Gasteiger partial charge in [0.25, 0.3) is 5.91 Å². The number of rotatable bonds is 9. The highest BCUT2D eigenvalue weighted by Gasteiger charge is 2.49. The molecule has 0 unspecified atom stereocenters. The quantitative estimate of drug-likeness (QED) is 0.369. The van der Waals surface area contributed by atoms with E-state index in [1.54, 1.807) is 52.1 Å². The zero-order valence-electron chi connectivity index (χ0n) is 19.3. The second-order valence-electron chi connectivity index (χ2n) is 9.22. The molecule has 1 saturated carbocycles. The van der Waals surface area contributed by atoms with Gasteiger partial charge >= 0.3 is 5.97 Å². The summed E-state index contributed by atoms with van der Waals surface area (Å²) in [5.74, 6) is -2.26. The van der Waals surface area contributed by atoms with Crippen LogP contribution in [0.5, 0.6) is 5.75 Å². The first-order valence-corrected chi connectivity index (χ1v) is 12.4. The fourth-order valence-corrected chi connectivity index (χ4v) is 5.16. The van der Waals surface area contributed by atoms with Crippen LogP contribution in [0.25, 0.3) is 0 Å². The summed E-state index contributed by atoms with van der Waals surface area (Å²) in [6.07, 6.45) is 4.34. The number of nitrogens with two attached hydrogens (primary N) is 1. The minimum atomic E-state index is -4.03. The maximum absolute atomic E-state index is 13.0. The monoisotopic (exact) mass is 469 g/mol. The molecule has 0 heterocycles. The average Bonchev–Trinajstić information content (AvgIpc) is 2.71. The van der Waals surface area contributed by atoms with Crippen molar-refractivity contribution in [2.75, 3.05) is 12.9 Å². The van der Waals surface area contributed by atoms with E-state index in [1.165, 1.54) is 0 Å². The lowest BCUT2D eigenvalue weighted by molar-refractivity contribution is -0.163. The van der Waals surface area contributed by atoms with E-state index >= 15 is 0 Å². The summed E-state index contributed by atoms with van der Waals surface area (Å²) in [5.41, 5.74) is 3.55. The van der Waals surface area contributed by atoms with Crippen molar-refractivity contribution in [1.82, 2.24) is 10.0 Å². The van der Waals surface area contributed by atoms with Gasteiger partial charge in [0.1, 0.15) is 17.1 Å². The molecule has 0 radical (unpaired) electrons. The van der Waals surface area contributed by atoms with Gasteiger partial charge in [-0.1, -0.05) is 31.4 Å². The molecular formula is C22H35N3O6S. The molecule has 1 aromatic rings. The molecule has 4 N–H and O–H groups in total. The van der Waals surface area contributed by atoms with Crippen LogP contribution in [0.2, 0.25) is 0 Å². The number of benzene rings is 1. The summed E-state index contributed by atoms with van der Waals surface area (Å²) in [6.45, 7) is 4.92. The molecule has 32 heavy (non-hydrogen) atoms. The number of ether oxygens (including phenoxy) is 2. The molecule has 0 bridgehead atoms. The SMILES string of the molecule is COc1ccc(CNC(=O)[C@](N)(CS(=O)(=O)NC2CCCCC2)C(=O)OC(C)(C)C)cc1. The number of sulfonamides is 1. The van der Waals surface area contributed by atoms with Crippen molar-refractivity contribution in [2.24, 2.45) is 5.73 Å². The number of esters is 1. The summed E-state index contributed by atoms with van der Waals surface area (Å²) in [4.78, 5) is 25.9. The second-order valence-corrected chi connectivity index (χ2v) is 11.0. The van der Waals surface area contributed by atoms with E-state index in [-0.39, 0.29) is 12.6 Å². The molecule has 10 heteroatoms. The molecular weight excluding hydrogens is 434 g/mol. The van der Waals surface area contributed by atoms with Gasteiger partial charge in [0, 0.05) is 12.6 Å². The molecule has 180 valence electrons. The largest absolute Gasteiger partial charge is 0.497 e. The lowest BCUT2D eigenvalue weighted by atomic mass is 9.96. The summed E-state index contributed by atoms with van der Waals surface area (Å²) in [6, 6.07) is 6.71. The summed E-state index contributed by atoms with van der Waals surface area (Å²) in [5, 5.41) is 2.57. The van der Waals surface area contributed by atoms with E-state index in [9.17, 15) is 18.0 Å². The maximum Gasteiger partial charge on any atom is 0.337 e. The van der Waals surface area contributed by atoms with Crippen LogP contribution >= 0.6 is 0 Å². The van der Waals surface area contributed by atoms with Crippen LogP contribution in [0, 0.1) is 0 Å². The normalized spacial score (nSPS) is 17.3. The van der Waals surface area contributed by atoms with E-state index in [0.29, 0.717) is 18.6 Å². The van der Waals surface area contributed by atoms with E-state index in [1.807, 2.05) is 0 Å². The standard InChI is InChI=1S/C22H35N3O6S/c1-21(2,3)31-20(27)22(23,15-32(28,29)25-17-8-6-5-7-9-17)19(26)24-14-16-10-12-18(30-4)13-11-16/h10-13,17,25H,5-9,14-15,23H2,1-4H3,(H,24,26)/t22-/m1/s1. The van der Waals surface area contributed by atoms with Gasteiger partial charge in [-0.05, 0) is 51.3 Å². The van der Waals surface area contributed by atoms with E-state index in [4.69, 9.17) is 15.2 Å². The highest BCUT2D eigenvalue weighted by molar-refractivity contribution is 7.89. The summed E-state index contributed by atoms with van der Waals surface area (Å²) >= 11 is 0. The van der Waals surface area contributed by atoms with Crippen molar-refractivity contribution in [1.29, 1.82) is 0 Å². The topological polar surface area (TPSA) is 137 Å². The van der Waals surface area contributed by atoms with Crippen molar-refractivity contribution in [3.8, 4) is 5.75 Å². The van der Waals surface area contributed by atoms with Crippen LogP contribution < -0.4 is 20.5 Å². The lowest BCUT2D eigenvalue weighted by Crippen LogP contribution is -2.65. The molecule has 0 aromatic heterocycles. The molecule has 1 aliphatic carbocycles. The van der Waals surface area contributed by atoms with Crippen LogP contribution in [0.3, 0.4) is 0 Å². The zero-order chi connectivity index (χ0) is 24.0. The first-order chi connectivity index (χ1) is 14.8. The number of hydrogen-bond donors (Lipinski definition) is 3. The van der Waals surface area contributed by atoms with Gasteiger partial charge in [0.2, 0.25) is 15.6 Å². The number of carbonyl (C=O) groups excluding carboxylic acids is 2. The Labute approximate surface area is 190 Å². The van der Waals surface area contributed by atoms with Crippen LogP contribution in [0.4, 0.5) is 0 Å². The maximum atomic E-state index is 13.0. The number of methoxy groups -OCH3 is 1. The predicted molar refractivity (Wildman–Crippen MR) is 121 cm³/mol. The minimum absolute atomic E-state index is 0.0562. The predicted octanol–water partition coefficient (Wildman–Crippen LogP) is 1.60. The van der Waals surface area contributed by atoms with Crippen LogP contribution in [-0.4, -0.2) is 50.3 Å². The summed E-state index contributed by atoms with van der Waals surface area (Å²) < 4.78 is 38.7. The van der Waals surface area contributed by atoms with Crippen molar-refractivity contribution in [3.63, 3.8) is 0 Å². The van der Waals surface area contributed by atoms with Crippen LogP contribution in [0.15, 0.2) is 24.3 Å². The molecule has 1 fully saturated rings. The van der Waals surface area contributed by atoms with Gasteiger partial charge in [-0.25, -0.2) is 17.9 Å². The van der Waals surface area contributed by atoms with E-state index in [2.05, 4.69) is 10.0 Å². The highest BCUT2D eigenvalue weighted by Crippen LogP contribution is 2.20. The molecule has 0 spiro atoms. The molecule has 1 amide bonds. The van der Waals surface area contributed by atoms with Gasteiger partial charge in [-0.2, -0.15) is 0 Å². The molecule has 1 atom stereocenters. The Balaban J connectivity index is 2.18. The molecule has 2 rings (SSSR count). The molecule has 1 aliphatic rings. The van der Waals surface area contributed by atoms with Gasteiger partial charge < -0.3 is 20.5 Å². The molecule has 0 saturated heterocycles. The summed E-state index contributed by atoms with van der Waals surface area (Å²) in [7, 11) is -2.49. The first kappa shape index (κ1) is 26.1. The number of nitrogens with one attached hydrogen (secondary N) is 2. The fraction of sp³-hybridized carbons (Fsp3) is 0.636. The lowest BCUT2D eigenvalue weighted by Gasteiger charge is -2.31. The highest BCUT2D eigenvalue weighted by atomic mass is 32.2. The third-order valence-electron chi connectivity index (χ3n) is 5.15. The minimum Gasteiger partial charge on any atom is -0.497 e. The fourth-order valence-electron chi connectivity index (χ4n) is 3.49. The Morgan fingerprint density at radius 1 is 1.09 bits per heavy atom. The van der Waals surface area contributed by atoms with Crippen molar-refractivity contribution in [2.45, 2.75) is 76.6 Å². The number of hydrogen-bond acceptors (Lipinski definition) is 7. The molecule has 9 nitrogen and oxygen atoms in total. The van der Waals surface area contributed by atoms with Gasteiger partial charge in [0.05, 0.1) is 7.11 Å². The van der Waals surface area contributed by atoms with Gasteiger partial charge in [-0.15, -0.1) is 0 Å². The molecule has 0 aliphatic heterocycles. The Morgan fingerprint density at radius 3 is 2.22 bits per heavy atom. The van der Waals surface area contributed by atoms with E-state index in [0.717, 1.165) is 24.8 Å². The Hall–Kier alpha value is -2.17. The Kier molecular flexibility index (Phi) is 8.67. The smallest absolute Gasteiger partial charge is 0.337 e. The van der Waals surface area contributed by atoms with Crippen molar-refractivity contribution < 1.29 is 27.5 Å². The van der Waals surface area contributed by atoms with E-state index < -0.39 is 38.8 Å². The van der Waals surface area contributed by atoms with Crippen LogP contribution in [0.1, 0.15) is 58.4 Å². The van der Waals surface area contributed by atoms with Crippen molar-refractivity contribution >= 4 is 21.9 Å². The number of amides is 1. The molecule has 1 aromatic carbocycles. The van der Waals surface area contributed by atoms with Gasteiger partial charge in [0.15, 0.2) is 0 Å². The average molecular weight is 470 g/mol. The third-order valence-corrected chi connectivity index (χ3v) is 6.68. The Bertz CT molecular complexity index is 889. The van der Waals surface area contributed by atoms with Crippen molar-refractivity contribution in [3.05, 3.63) is 29.8 Å². The van der Waals surface area contributed by atoms with Crippen LogP contribution in [-0.2, 0) is 30.9 Å².